The van der Waals surface area contributed by atoms with Gasteiger partial charge in [0.25, 0.3) is 0 Å². The molecule has 0 radical (unpaired) electrons. The number of carbonyl (C=O) groups is 2. The minimum Gasteiger partial charge on any atom is -0.474 e. The molecule has 0 aliphatic carbocycles. The van der Waals surface area contributed by atoms with E-state index in [0.717, 1.165) is 12.3 Å². The van der Waals surface area contributed by atoms with E-state index in [2.05, 4.69) is 15.3 Å². The number of nitrogens with one attached hydrogen (secondary N) is 1. The maximum Gasteiger partial charge on any atom is 0.245 e. The van der Waals surface area contributed by atoms with Gasteiger partial charge in [-0.25, -0.2) is 22.8 Å². The van der Waals surface area contributed by atoms with Crippen LogP contribution in [0.1, 0.15) is 39.2 Å². The predicted octanol–water partition coefficient (Wildman–Crippen LogP) is 2.65. The van der Waals surface area contributed by atoms with Crippen LogP contribution in [0.25, 0.3) is 0 Å². The largest absolute Gasteiger partial charge is 0.474 e. The first kappa shape index (κ1) is 27.3. The van der Waals surface area contributed by atoms with Crippen molar-refractivity contribution in [1.82, 2.24) is 20.2 Å². The summed E-state index contributed by atoms with van der Waals surface area (Å²) < 4.78 is 49.3. The van der Waals surface area contributed by atoms with Gasteiger partial charge in [0.2, 0.25) is 23.6 Å². The Bertz CT molecular complexity index is 1230. The summed E-state index contributed by atoms with van der Waals surface area (Å²) in [5.74, 6) is -1.06. The van der Waals surface area contributed by atoms with Crippen molar-refractivity contribution in [2.45, 2.75) is 57.6 Å². The summed E-state index contributed by atoms with van der Waals surface area (Å²) in [5, 5.41) is 2.73. The van der Waals surface area contributed by atoms with Gasteiger partial charge in [-0.2, -0.15) is 0 Å². The molecule has 1 aromatic carbocycles. The average molecular weight is 523 g/mol. The molecule has 36 heavy (non-hydrogen) atoms. The molecule has 0 bridgehead atoms. The second-order valence-electron chi connectivity index (χ2n) is 9.14. The van der Waals surface area contributed by atoms with Crippen LogP contribution in [0.15, 0.2) is 29.4 Å². The van der Waals surface area contributed by atoms with Crippen molar-refractivity contribution in [3.8, 4) is 17.5 Å². The number of ether oxygens (including phenoxy) is 2. The summed E-state index contributed by atoms with van der Waals surface area (Å²) in [6.45, 7) is 7.78. The van der Waals surface area contributed by atoms with E-state index in [4.69, 9.17) is 9.47 Å². The van der Waals surface area contributed by atoms with E-state index in [1.54, 1.807) is 11.8 Å². The van der Waals surface area contributed by atoms with Crippen LogP contribution in [0, 0.1) is 18.7 Å². The zero-order chi connectivity index (χ0) is 26.6. The standard InChI is InChI=1S/C24H31FN4O6S/c1-14(2)21(28-16(4)30)24(31)29-10-8-17(9-11-29)34-22-15(3)23(27-13-26-22)35-20-7-6-18(12-19(20)25)36(5,32)33/h6-7,12-14,17,21H,8-11H2,1-5H3,(H,28,30)/t21-/m0/s1. The fourth-order valence-electron chi connectivity index (χ4n) is 3.82. The van der Waals surface area contributed by atoms with Gasteiger partial charge in [-0.05, 0) is 31.0 Å². The van der Waals surface area contributed by atoms with E-state index in [1.165, 1.54) is 25.4 Å². The monoisotopic (exact) mass is 522 g/mol. The number of likely N-dealkylation sites (tertiary alicyclic amines) is 1. The van der Waals surface area contributed by atoms with Crippen LogP contribution in [-0.2, 0) is 19.4 Å². The molecule has 1 aliphatic rings. The molecule has 1 aromatic heterocycles. The fraction of sp³-hybridized carbons (Fsp3) is 0.500. The summed E-state index contributed by atoms with van der Waals surface area (Å²) in [6, 6.07) is 2.80. The lowest BCUT2D eigenvalue weighted by Crippen LogP contribution is -2.53. The molecule has 1 fully saturated rings. The number of amides is 2. The van der Waals surface area contributed by atoms with Gasteiger partial charge >= 0.3 is 0 Å². The molecule has 10 nitrogen and oxygen atoms in total. The Labute approximate surface area is 210 Å². The maximum absolute atomic E-state index is 14.4. The number of hydrogen-bond acceptors (Lipinski definition) is 8. The molecule has 2 heterocycles. The van der Waals surface area contributed by atoms with Crippen molar-refractivity contribution in [1.29, 1.82) is 0 Å². The topological polar surface area (TPSA) is 128 Å². The zero-order valence-corrected chi connectivity index (χ0v) is 21.8. The summed E-state index contributed by atoms with van der Waals surface area (Å²) in [4.78, 5) is 34.2. The van der Waals surface area contributed by atoms with Crippen LogP contribution in [0.5, 0.6) is 17.5 Å². The molecule has 12 heteroatoms. The van der Waals surface area contributed by atoms with Gasteiger partial charge in [0.15, 0.2) is 21.4 Å². The molecule has 2 aromatic rings. The minimum absolute atomic E-state index is 0.0372. The lowest BCUT2D eigenvalue weighted by Gasteiger charge is -2.35. The first-order valence-corrected chi connectivity index (χ1v) is 13.5. The minimum atomic E-state index is -3.55. The predicted molar refractivity (Wildman–Crippen MR) is 129 cm³/mol. The number of piperidine rings is 1. The van der Waals surface area contributed by atoms with E-state index >= 15 is 0 Å². The molecule has 196 valence electrons. The Balaban J connectivity index is 1.65. The zero-order valence-electron chi connectivity index (χ0n) is 20.9. The fourth-order valence-corrected chi connectivity index (χ4v) is 4.45. The molecule has 0 unspecified atom stereocenters. The molecule has 2 amide bonds. The lowest BCUT2D eigenvalue weighted by molar-refractivity contribution is -0.138. The van der Waals surface area contributed by atoms with E-state index < -0.39 is 21.7 Å². The molecule has 1 N–H and O–H groups in total. The molecular weight excluding hydrogens is 491 g/mol. The van der Waals surface area contributed by atoms with Crippen LogP contribution >= 0.6 is 0 Å². The Kier molecular flexibility index (Phi) is 8.49. The Morgan fingerprint density at radius 3 is 2.36 bits per heavy atom. The van der Waals surface area contributed by atoms with E-state index in [9.17, 15) is 22.4 Å². The maximum atomic E-state index is 14.4. The van der Waals surface area contributed by atoms with Gasteiger partial charge in [-0.1, -0.05) is 13.8 Å². The van der Waals surface area contributed by atoms with Crippen molar-refractivity contribution in [3.63, 3.8) is 0 Å². The smallest absolute Gasteiger partial charge is 0.245 e. The number of halogens is 1. The molecule has 1 aliphatic heterocycles. The third-order valence-corrected chi connectivity index (χ3v) is 6.96. The second kappa shape index (κ2) is 11.2. The van der Waals surface area contributed by atoms with Crippen molar-refractivity contribution in [2.24, 2.45) is 5.92 Å². The number of nitrogens with zero attached hydrogens (tertiary/aromatic N) is 3. The molecular formula is C24H31FN4O6S. The number of carbonyl (C=O) groups excluding carboxylic acids is 2. The Hall–Kier alpha value is -3.28. The van der Waals surface area contributed by atoms with Crippen LogP contribution in [-0.4, -0.2) is 66.6 Å². The van der Waals surface area contributed by atoms with Gasteiger partial charge in [0, 0.05) is 39.1 Å². The van der Waals surface area contributed by atoms with Gasteiger partial charge in [-0.15, -0.1) is 0 Å². The van der Waals surface area contributed by atoms with E-state index in [-0.39, 0.29) is 46.2 Å². The normalized spacial score (nSPS) is 15.5. The van der Waals surface area contributed by atoms with Crippen molar-refractivity contribution in [3.05, 3.63) is 35.9 Å². The molecule has 0 spiro atoms. The van der Waals surface area contributed by atoms with Gasteiger partial charge in [0.1, 0.15) is 18.5 Å². The van der Waals surface area contributed by atoms with Crippen molar-refractivity contribution >= 4 is 21.7 Å². The van der Waals surface area contributed by atoms with E-state index in [1.807, 2.05) is 13.8 Å². The quantitative estimate of drug-likeness (QED) is 0.561. The lowest BCUT2D eigenvalue weighted by atomic mass is 10.0. The Morgan fingerprint density at radius 2 is 1.81 bits per heavy atom. The second-order valence-corrected chi connectivity index (χ2v) is 11.2. The molecule has 1 saturated heterocycles. The Morgan fingerprint density at radius 1 is 1.17 bits per heavy atom. The van der Waals surface area contributed by atoms with Crippen molar-refractivity contribution in [2.75, 3.05) is 19.3 Å². The first-order valence-electron chi connectivity index (χ1n) is 11.6. The third kappa shape index (κ3) is 6.68. The summed E-state index contributed by atoms with van der Waals surface area (Å²) in [7, 11) is -3.55. The highest BCUT2D eigenvalue weighted by Crippen LogP contribution is 2.31. The SMILES string of the molecule is CC(=O)N[C@H](C(=O)N1CCC(Oc2ncnc(Oc3ccc(S(C)(=O)=O)cc3F)c2C)CC1)C(C)C. The number of aromatic nitrogens is 2. The number of benzene rings is 1. The van der Waals surface area contributed by atoms with Crippen molar-refractivity contribution < 1.29 is 31.9 Å². The van der Waals surface area contributed by atoms with E-state index in [0.29, 0.717) is 31.5 Å². The summed E-state index contributed by atoms with van der Waals surface area (Å²) >= 11 is 0. The van der Waals surface area contributed by atoms with Crippen LogP contribution in [0.4, 0.5) is 4.39 Å². The molecule has 0 saturated carbocycles. The summed E-state index contributed by atoms with van der Waals surface area (Å²) in [6.07, 6.45) is 3.15. The highest BCUT2D eigenvalue weighted by atomic mass is 32.2. The van der Waals surface area contributed by atoms with Crippen LogP contribution in [0.2, 0.25) is 0 Å². The number of rotatable bonds is 8. The highest BCUT2D eigenvalue weighted by Gasteiger charge is 2.31. The number of hydrogen-bond donors (Lipinski definition) is 1. The molecule has 3 rings (SSSR count). The first-order chi connectivity index (χ1) is 16.9. The summed E-state index contributed by atoms with van der Waals surface area (Å²) in [5.41, 5.74) is 0.452. The van der Waals surface area contributed by atoms with Gasteiger partial charge in [-0.3, -0.25) is 9.59 Å². The highest BCUT2D eigenvalue weighted by molar-refractivity contribution is 7.90. The number of sulfone groups is 1. The van der Waals surface area contributed by atoms with Crippen LogP contribution in [0.3, 0.4) is 0 Å². The average Bonchev–Trinajstić information content (AvgIpc) is 2.80. The third-order valence-electron chi connectivity index (χ3n) is 5.85. The molecule has 1 atom stereocenters. The van der Waals surface area contributed by atoms with Gasteiger partial charge in [0.05, 0.1) is 10.5 Å². The van der Waals surface area contributed by atoms with Gasteiger partial charge < -0.3 is 19.7 Å². The van der Waals surface area contributed by atoms with Crippen LogP contribution < -0.4 is 14.8 Å².